The van der Waals surface area contributed by atoms with Crippen LogP contribution in [0.1, 0.15) is 26.7 Å². The highest BCUT2D eigenvalue weighted by Gasteiger charge is 2.31. The Labute approximate surface area is 133 Å². The fourth-order valence-corrected chi connectivity index (χ4v) is 4.42. The third-order valence-electron chi connectivity index (χ3n) is 3.89. The lowest BCUT2D eigenvalue weighted by Gasteiger charge is -2.34. The maximum atomic E-state index is 12.1. The van der Waals surface area contributed by atoms with Gasteiger partial charge in [0.2, 0.25) is 15.9 Å². The van der Waals surface area contributed by atoms with E-state index in [4.69, 9.17) is 0 Å². The Hall–Kier alpha value is -0.370. The van der Waals surface area contributed by atoms with Crippen molar-refractivity contribution >= 4 is 28.3 Å². The number of sulfonamides is 1. The molecule has 8 heteroatoms. The molecular weight excluding hydrogens is 314 g/mol. The number of hydrogen-bond donors (Lipinski definition) is 2. The second kappa shape index (κ2) is 7.76. The topological polar surface area (TPSA) is 78.5 Å². The van der Waals surface area contributed by atoms with Gasteiger partial charge in [-0.25, -0.2) is 12.7 Å². The Kier molecular flexibility index (Phi) is 6.90. The second-order valence-corrected chi connectivity index (χ2v) is 8.22. The van der Waals surface area contributed by atoms with Crippen molar-refractivity contribution in [2.75, 3.05) is 31.9 Å². The lowest BCUT2D eigenvalue weighted by molar-refractivity contribution is -0.127. The minimum Gasteiger partial charge on any atom is -0.353 e. The molecule has 0 unspecified atom stereocenters. The van der Waals surface area contributed by atoms with Gasteiger partial charge in [-0.1, -0.05) is 13.8 Å². The first-order valence-corrected chi connectivity index (χ1v) is 8.98. The molecule has 1 amide bonds. The number of nitrogens with one attached hydrogen (secondary N) is 2. The maximum Gasteiger partial charge on any atom is 0.225 e. The third-order valence-corrected chi connectivity index (χ3v) is 6.13. The predicted molar refractivity (Wildman–Crippen MR) is 85.0 cm³/mol. The largest absolute Gasteiger partial charge is 0.353 e. The van der Waals surface area contributed by atoms with Gasteiger partial charge in [0.1, 0.15) is 0 Å². The van der Waals surface area contributed by atoms with Gasteiger partial charge in [0, 0.05) is 32.2 Å². The zero-order chi connectivity index (χ0) is 14.8. The molecule has 2 aliphatic heterocycles. The molecule has 0 bridgehead atoms. The molecule has 124 valence electrons. The maximum absolute atomic E-state index is 12.1. The van der Waals surface area contributed by atoms with E-state index >= 15 is 0 Å². The molecule has 0 aromatic carbocycles. The Morgan fingerprint density at radius 2 is 1.86 bits per heavy atom. The molecule has 0 spiro atoms. The van der Waals surface area contributed by atoms with Crippen LogP contribution < -0.4 is 10.6 Å². The number of piperidine rings is 1. The summed E-state index contributed by atoms with van der Waals surface area (Å²) >= 11 is 0. The van der Waals surface area contributed by atoms with Crippen LogP contribution >= 0.6 is 12.4 Å². The molecule has 6 nitrogen and oxygen atoms in total. The van der Waals surface area contributed by atoms with E-state index < -0.39 is 10.0 Å². The lowest BCUT2D eigenvalue weighted by atomic mass is 10.0. The van der Waals surface area contributed by atoms with Crippen molar-refractivity contribution in [3.05, 3.63) is 0 Å². The average molecular weight is 340 g/mol. The van der Waals surface area contributed by atoms with Gasteiger partial charge in [0.15, 0.2) is 0 Å². The van der Waals surface area contributed by atoms with Crippen LogP contribution in [0.15, 0.2) is 0 Å². The van der Waals surface area contributed by atoms with E-state index in [1.807, 2.05) is 13.8 Å². The molecule has 2 saturated heterocycles. The Morgan fingerprint density at radius 1 is 1.29 bits per heavy atom. The molecule has 0 aliphatic carbocycles. The average Bonchev–Trinajstić information content (AvgIpc) is 2.25. The van der Waals surface area contributed by atoms with Crippen molar-refractivity contribution in [1.82, 2.24) is 14.9 Å². The van der Waals surface area contributed by atoms with Crippen molar-refractivity contribution in [3.8, 4) is 0 Å². The monoisotopic (exact) mass is 339 g/mol. The zero-order valence-corrected chi connectivity index (χ0v) is 14.3. The molecule has 0 aromatic heterocycles. The van der Waals surface area contributed by atoms with Gasteiger partial charge in [-0.15, -0.1) is 12.4 Å². The highest BCUT2D eigenvalue weighted by molar-refractivity contribution is 7.89. The number of carbonyl (C=O) groups is 1. The van der Waals surface area contributed by atoms with E-state index in [-0.39, 0.29) is 41.9 Å². The summed E-state index contributed by atoms with van der Waals surface area (Å²) in [5, 5.41) is 6.11. The molecular formula is C13H26ClN3O3S. The van der Waals surface area contributed by atoms with Crippen LogP contribution in [0.2, 0.25) is 0 Å². The molecule has 21 heavy (non-hydrogen) atoms. The van der Waals surface area contributed by atoms with Crippen LogP contribution in [-0.2, 0) is 14.8 Å². The Morgan fingerprint density at radius 3 is 2.29 bits per heavy atom. The minimum absolute atomic E-state index is 0. The SMILES string of the molecule is CC(C)CS(=O)(=O)N1CCC(NC(=O)C2CNC2)CC1.Cl. The van der Waals surface area contributed by atoms with Gasteiger partial charge in [0.05, 0.1) is 11.7 Å². The van der Waals surface area contributed by atoms with Gasteiger partial charge in [-0.3, -0.25) is 4.79 Å². The zero-order valence-electron chi connectivity index (χ0n) is 12.7. The number of carbonyl (C=O) groups excluding carboxylic acids is 1. The summed E-state index contributed by atoms with van der Waals surface area (Å²) in [7, 11) is -3.13. The van der Waals surface area contributed by atoms with Crippen molar-refractivity contribution in [2.45, 2.75) is 32.7 Å². The van der Waals surface area contributed by atoms with Crippen LogP contribution in [0.5, 0.6) is 0 Å². The van der Waals surface area contributed by atoms with E-state index in [1.165, 1.54) is 0 Å². The van der Waals surface area contributed by atoms with Crippen LogP contribution in [0, 0.1) is 11.8 Å². The number of rotatable bonds is 5. The first kappa shape index (κ1) is 18.7. The van der Waals surface area contributed by atoms with Gasteiger partial charge in [-0.05, 0) is 18.8 Å². The third kappa shape index (κ3) is 5.09. The summed E-state index contributed by atoms with van der Waals surface area (Å²) < 4.78 is 25.8. The fourth-order valence-electron chi connectivity index (χ4n) is 2.60. The molecule has 2 N–H and O–H groups in total. The normalized spacial score (nSPS) is 21.7. The van der Waals surface area contributed by atoms with Gasteiger partial charge in [0.25, 0.3) is 0 Å². The van der Waals surface area contributed by atoms with Crippen molar-refractivity contribution in [1.29, 1.82) is 0 Å². The quantitative estimate of drug-likeness (QED) is 0.749. The van der Waals surface area contributed by atoms with Crippen LogP contribution in [-0.4, -0.2) is 56.6 Å². The summed E-state index contributed by atoms with van der Waals surface area (Å²) in [6, 6.07) is 0.119. The van der Waals surface area contributed by atoms with Gasteiger partial charge in [-0.2, -0.15) is 0 Å². The molecule has 2 aliphatic rings. The molecule has 2 heterocycles. The summed E-state index contributed by atoms with van der Waals surface area (Å²) in [4.78, 5) is 11.8. The molecule has 0 atom stereocenters. The number of nitrogens with zero attached hydrogens (tertiary/aromatic N) is 1. The van der Waals surface area contributed by atoms with Gasteiger partial charge < -0.3 is 10.6 Å². The Balaban J connectivity index is 0.00000220. The minimum atomic E-state index is -3.13. The second-order valence-electron chi connectivity index (χ2n) is 6.21. The standard InChI is InChI=1S/C13H25N3O3S.ClH/c1-10(2)9-20(18,19)16-5-3-12(4-6-16)15-13(17)11-7-14-8-11;/h10-12,14H,3-9H2,1-2H3,(H,15,17);1H. The van der Waals surface area contributed by atoms with Gasteiger partial charge >= 0.3 is 0 Å². The highest BCUT2D eigenvalue weighted by Crippen LogP contribution is 2.17. The summed E-state index contributed by atoms with van der Waals surface area (Å²) in [5.41, 5.74) is 0. The number of hydrogen-bond acceptors (Lipinski definition) is 4. The number of amides is 1. The fraction of sp³-hybridized carbons (Fsp3) is 0.923. The molecule has 2 rings (SSSR count). The summed E-state index contributed by atoms with van der Waals surface area (Å²) in [5.74, 6) is 0.547. The molecule has 0 saturated carbocycles. The van der Waals surface area contributed by atoms with E-state index in [0.29, 0.717) is 25.9 Å². The van der Waals surface area contributed by atoms with E-state index in [2.05, 4.69) is 10.6 Å². The van der Waals surface area contributed by atoms with Crippen molar-refractivity contribution in [2.24, 2.45) is 11.8 Å². The number of halogens is 1. The highest BCUT2D eigenvalue weighted by atomic mass is 35.5. The molecule has 0 radical (unpaired) electrons. The summed E-state index contributed by atoms with van der Waals surface area (Å²) in [6.45, 7) is 6.38. The predicted octanol–water partition coefficient (Wildman–Crippen LogP) is 0.194. The van der Waals surface area contributed by atoms with E-state index in [1.54, 1.807) is 4.31 Å². The van der Waals surface area contributed by atoms with Crippen LogP contribution in [0.4, 0.5) is 0 Å². The lowest BCUT2D eigenvalue weighted by Crippen LogP contribution is -2.54. The molecule has 2 fully saturated rings. The van der Waals surface area contributed by atoms with Crippen molar-refractivity contribution < 1.29 is 13.2 Å². The first-order chi connectivity index (χ1) is 9.38. The summed E-state index contributed by atoms with van der Waals surface area (Å²) in [6.07, 6.45) is 1.42. The van der Waals surface area contributed by atoms with E-state index in [9.17, 15) is 13.2 Å². The van der Waals surface area contributed by atoms with Crippen LogP contribution in [0.3, 0.4) is 0 Å². The van der Waals surface area contributed by atoms with E-state index in [0.717, 1.165) is 13.1 Å². The van der Waals surface area contributed by atoms with Crippen LogP contribution in [0.25, 0.3) is 0 Å². The molecule has 0 aromatic rings. The first-order valence-electron chi connectivity index (χ1n) is 7.37. The van der Waals surface area contributed by atoms with Crippen molar-refractivity contribution in [3.63, 3.8) is 0 Å². The smallest absolute Gasteiger partial charge is 0.225 e. The Bertz CT molecular complexity index is 444.